The van der Waals surface area contributed by atoms with E-state index in [1.165, 1.54) is 30.2 Å². The number of hydrogen-bond donors (Lipinski definition) is 2. The van der Waals surface area contributed by atoms with E-state index in [9.17, 15) is 9.18 Å². The van der Waals surface area contributed by atoms with Crippen LogP contribution in [0.5, 0.6) is 5.75 Å². The molecule has 0 bridgehead atoms. The number of carbonyl (C=O) groups is 1. The molecule has 7 nitrogen and oxygen atoms in total. The van der Waals surface area contributed by atoms with Crippen LogP contribution in [0.25, 0.3) is 0 Å². The molecule has 1 aliphatic heterocycles. The van der Waals surface area contributed by atoms with Gasteiger partial charge in [-0.1, -0.05) is 11.2 Å². The highest BCUT2D eigenvalue weighted by Crippen LogP contribution is 2.23. The van der Waals surface area contributed by atoms with Crippen LogP contribution in [0.4, 0.5) is 4.39 Å². The van der Waals surface area contributed by atoms with Crippen molar-refractivity contribution in [2.45, 2.75) is 6.10 Å². The Labute approximate surface area is 120 Å². The Morgan fingerprint density at radius 3 is 3.05 bits per heavy atom. The third-order valence-corrected chi connectivity index (χ3v) is 3.21. The Balaban J connectivity index is 2.24. The van der Waals surface area contributed by atoms with Crippen LogP contribution in [0.3, 0.4) is 0 Å². The normalized spacial score (nSPS) is 19.4. The number of amidine groups is 1. The molecule has 8 heteroatoms. The molecule has 1 saturated heterocycles. The fourth-order valence-corrected chi connectivity index (χ4v) is 2.12. The summed E-state index contributed by atoms with van der Waals surface area (Å²) in [4.78, 5) is 13.8. The number of rotatable bonds is 3. The zero-order valence-electron chi connectivity index (χ0n) is 11.5. The van der Waals surface area contributed by atoms with E-state index in [1.807, 2.05) is 0 Å². The van der Waals surface area contributed by atoms with Crippen LogP contribution < -0.4 is 10.5 Å². The standard InChI is InChI=1S/C13H16FN3O4/c1-20-9-4-2-3-8(14)11(9)13(18)17-5-6-21-10(7-17)12(15)16-19/h2-4,10,19H,5-7H2,1H3,(H2,15,16). The summed E-state index contributed by atoms with van der Waals surface area (Å²) in [7, 11) is 1.37. The van der Waals surface area contributed by atoms with Gasteiger partial charge in [-0.3, -0.25) is 4.79 Å². The van der Waals surface area contributed by atoms with Crippen molar-refractivity contribution in [1.82, 2.24) is 4.90 Å². The van der Waals surface area contributed by atoms with Crippen LogP contribution >= 0.6 is 0 Å². The lowest BCUT2D eigenvalue weighted by atomic mass is 10.1. The average molecular weight is 297 g/mol. The minimum Gasteiger partial charge on any atom is -0.496 e. The van der Waals surface area contributed by atoms with Crippen LogP contribution in [-0.2, 0) is 4.74 Å². The van der Waals surface area contributed by atoms with E-state index in [0.29, 0.717) is 0 Å². The zero-order chi connectivity index (χ0) is 15.4. The first-order valence-corrected chi connectivity index (χ1v) is 6.29. The molecule has 1 fully saturated rings. The number of nitrogens with two attached hydrogens (primary N) is 1. The predicted octanol–water partition coefficient (Wildman–Crippen LogP) is 0.422. The van der Waals surface area contributed by atoms with Crippen molar-refractivity contribution in [2.75, 3.05) is 26.8 Å². The Hall–Kier alpha value is -2.35. The summed E-state index contributed by atoms with van der Waals surface area (Å²) in [6, 6.07) is 4.17. The number of nitrogens with zero attached hydrogens (tertiary/aromatic N) is 2. The quantitative estimate of drug-likeness (QED) is 0.365. The van der Waals surface area contributed by atoms with Gasteiger partial charge in [-0.25, -0.2) is 4.39 Å². The van der Waals surface area contributed by atoms with Crippen molar-refractivity contribution in [3.63, 3.8) is 0 Å². The molecule has 1 unspecified atom stereocenters. The highest BCUT2D eigenvalue weighted by molar-refractivity contribution is 5.97. The van der Waals surface area contributed by atoms with Crippen LogP contribution in [-0.4, -0.2) is 54.8 Å². The van der Waals surface area contributed by atoms with Crippen molar-refractivity contribution >= 4 is 11.7 Å². The largest absolute Gasteiger partial charge is 0.496 e. The van der Waals surface area contributed by atoms with Crippen LogP contribution in [0, 0.1) is 5.82 Å². The Morgan fingerprint density at radius 2 is 2.38 bits per heavy atom. The van der Waals surface area contributed by atoms with E-state index in [4.69, 9.17) is 20.4 Å². The van der Waals surface area contributed by atoms with Crippen molar-refractivity contribution in [3.05, 3.63) is 29.6 Å². The van der Waals surface area contributed by atoms with Crippen LogP contribution in [0.15, 0.2) is 23.4 Å². The fourth-order valence-electron chi connectivity index (χ4n) is 2.12. The van der Waals surface area contributed by atoms with Crippen molar-refractivity contribution in [2.24, 2.45) is 10.9 Å². The number of amides is 1. The minimum absolute atomic E-state index is 0.0756. The van der Waals surface area contributed by atoms with Gasteiger partial charge in [-0.15, -0.1) is 0 Å². The van der Waals surface area contributed by atoms with Gasteiger partial charge in [-0.2, -0.15) is 0 Å². The number of ether oxygens (including phenoxy) is 2. The molecule has 3 N–H and O–H groups in total. The average Bonchev–Trinajstić information content (AvgIpc) is 2.53. The first kappa shape index (κ1) is 15.0. The number of hydrogen-bond acceptors (Lipinski definition) is 5. The smallest absolute Gasteiger partial charge is 0.260 e. The molecule has 0 radical (unpaired) electrons. The molecule has 2 rings (SSSR count). The van der Waals surface area contributed by atoms with Gasteiger partial charge >= 0.3 is 0 Å². The van der Waals surface area contributed by atoms with E-state index in [2.05, 4.69) is 5.16 Å². The second-order valence-corrected chi connectivity index (χ2v) is 4.45. The van der Waals surface area contributed by atoms with E-state index in [0.717, 1.165) is 0 Å². The third kappa shape index (κ3) is 3.05. The number of methoxy groups -OCH3 is 1. The van der Waals surface area contributed by atoms with E-state index in [1.54, 1.807) is 0 Å². The lowest BCUT2D eigenvalue weighted by Crippen LogP contribution is -2.50. The van der Waals surface area contributed by atoms with Crippen LogP contribution in [0.2, 0.25) is 0 Å². The van der Waals surface area contributed by atoms with Crippen LogP contribution in [0.1, 0.15) is 10.4 Å². The highest BCUT2D eigenvalue weighted by atomic mass is 19.1. The van der Waals surface area contributed by atoms with Gasteiger partial charge < -0.3 is 25.3 Å². The number of oxime groups is 1. The summed E-state index contributed by atoms with van der Waals surface area (Å²) in [6.45, 7) is 0.571. The summed E-state index contributed by atoms with van der Waals surface area (Å²) < 4.78 is 24.2. The third-order valence-electron chi connectivity index (χ3n) is 3.21. The number of benzene rings is 1. The molecule has 21 heavy (non-hydrogen) atoms. The summed E-state index contributed by atoms with van der Waals surface area (Å²) in [6.07, 6.45) is -0.717. The van der Waals surface area contributed by atoms with E-state index < -0.39 is 17.8 Å². The molecule has 1 amide bonds. The first-order valence-electron chi connectivity index (χ1n) is 6.29. The first-order chi connectivity index (χ1) is 10.1. The van der Waals surface area contributed by atoms with E-state index in [-0.39, 0.29) is 36.8 Å². The SMILES string of the molecule is COc1cccc(F)c1C(=O)N1CCOC(C(N)=NO)C1. The number of morpholine rings is 1. The molecule has 1 atom stereocenters. The van der Waals surface area contributed by atoms with Crippen molar-refractivity contribution < 1.29 is 23.9 Å². The van der Waals surface area contributed by atoms with Gasteiger partial charge in [0.05, 0.1) is 20.3 Å². The number of carbonyl (C=O) groups excluding carboxylic acids is 1. The topological polar surface area (TPSA) is 97.4 Å². The van der Waals surface area contributed by atoms with Gasteiger partial charge in [0, 0.05) is 6.54 Å². The van der Waals surface area contributed by atoms with E-state index >= 15 is 0 Å². The van der Waals surface area contributed by atoms with Gasteiger partial charge in [0.25, 0.3) is 5.91 Å². The molecule has 0 aromatic heterocycles. The monoisotopic (exact) mass is 297 g/mol. The molecular formula is C13H16FN3O4. The Bertz CT molecular complexity index is 564. The van der Waals surface area contributed by atoms with Crippen molar-refractivity contribution in [3.8, 4) is 5.75 Å². The van der Waals surface area contributed by atoms with Crippen molar-refractivity contribution in [1.29, 1.82) is 0 Å². The lowest BCUT2D eigenvalue weighted by molar-refractivity contribution is 0.00639. The van der Waals surface area contributed by atoms with Gasteiger partial charge in [-0.05, 0) is 12.1 Å². The molecule has 1 aromatic carbocycles. The maximum absolute atomic E-state index is 13.9. The summed E-state index contributed by atoms with van der Waals surface area (Å²) in [5.74, 6) is -1.16. The minimum atomic E-state index is -0.717. The molecule has 0 aliphatic carbocycles. The predicted molar refractivity (Wildman–Crippen MR) is 72.0 cm³/mol. The summed E-state index contributed by atoms with van der Waals surface area (Å²) in [5, 5.41) is 11.5. The second kappa shape index (κ2) is 6.40. The van der Waals surface area contributed by atoms with Gasteiger partial charge in [0.2, 0.25) is 0 Å². The van der Waals surface area contributed by atoms with Gasteiger partial charge in [0.15, 0.2) is 5.84 Å². The highest BCUT2D eigenvalue weighted by Gasteiger charge is 2.30. The molecule has 114 valence electrons. The fraction of sp³-hybridized carbons (Fsp3) is 0.385. The maximum Gasteiger partial charge on any atom is 0.260 e. The molecule has 0 spiro atoms. The molecular weight excluding hydrogens is 281 g/mol. The zero-order valence-corrected chi connectivity index (χ0v) is 11.5. The summed E-state index contributed by atoms with van der Waals surface area (Å²) >= 11 is 0. The molecule has 1 aliphatic rings. The Morgan fingerprint density at radius 1 is 1.62 bits per heavy atom. The number of halogens is 1. The molecule has 1 heterocycles. The maximum atomic E-state index is 13.9. The molecule has 1 aromatic rings. The summed E-state index contributed by atoms with van der Waals surface area (Å²) in [5.41, 5.74) is 5.33. The second-order valence-electron chi connectivity index (χ2n) is 4.45. The Kier molecular flexibility index (Phi) is 4.59. The lowest BCUT2D eigenvalue weighted by Gasteiger charge is -2.32. The molecule has 0 saturated carbocycles. The van der Waals surface area contributed by atoms with Gasteiger partial charge in [0.1, 0.15) is 23.2 Å².